The van der Waals surface area contributed by atoms with Crippen LogP contribution in [0.25, 0.3) is 0 Å². The van der Waals surface area contributed by atoms with E-state index in [1.54, 1.807) is 12.0 Å². The number of anilines is 1. The largest absolute Gasteiger partial charge is 0.497 e. The lowest BCUT2D eigenvalue weighted by Gasteiger charge is -2.32. The fraction of sp³-hybridized carbons (Fsp3) is 0.450. The number of methoxy groups -OCH3 is 1. The monoisotopic (exact) mass is 408 g/mol. The van der Waals surface area contributed by atoms with Gasteiger partial charge in [-0.25, -0.2) is 9.97 Å². The first-order valence-corrected chi connectivity index (χ1v) is 9.34. The predicted molar refractivity (Wildman–Crippen MR) is 102 cm³/mol. The third kappa shape index (κ3) is 5.36. The van der Waals surface area contributed by atoms with Gasteiger partial charge in [0.05, 0.1) is 7.11 Å². The molecule has 3 rings (SSSR count). The van der Waals surface area contributed by atoms with Crippen LogP contribution in [-0.4, -0.2) is 36.1 Å². The molecular weight excluding hydrogens is 385 g/mol. The van der Waals surface area contributed by atoms with Crippen molar-refractivity contribution in [2.45, 2.75) is 32.5 Å². The molecule has 29 heavy (non-hydrogen) atoms. The number of rotatable bonds is 5. The van der Waals surface area contributed by atoms with E-state index in [0.717, 1.165) is 17.4 Å². The lowest BCUT2D eigenvalue weighted by molar-refractivity contribution is -0.141. The minimum Gasteiger partial charge on any atom is -0.497 e. The molecule has 156 valence electrons. The zero-order valence-corrected chi connectivity index (χ0v) is 16.3. The number of benzene rings is 1. The van der Waals surface area contributed by atoms with Crippen molar-refractivity contribution in [1.29, 1.82) is 0 Å². The maximum Gasteiger partial charge on any atom is 0.433 e. The van der Waals surface area contributed by atoms with Gasteiger partial charge in [-0.15, -0.1) is 0 Å². The highest BCUT2D eigenvalue weighted by molar-refractivity contribution is 5.79. The Labute approximate surface area is 167 Å². The highest BCUT2D eigenvalue weighted by Gasteiger charge is 2.34. The molecule has 0 aliphatic carbocycles. The summed E-state index contributed by atoms with van der Waals surface area (Å²) in [5, 5.41) is 2.93. The Kier molecular flexibility index (Phi) is 6.24. The van der Waals surface area contributed by atoms with E-state index in [1.807, 2.05) is 24.3 Å². The van der Waals surface area contributed by atoms with Crippen molar-refractivity contribution in [1.82, 2.24) is 15.3 Å². The second-order valence-electron chi connectivity index (χ2n) is 6.99. The van der Waals surface area contributed by atoms with Crippen molar-refractivity contribution >= 4 is 11.7 Å². The van der Waals surface area contributed by atoms with Gasteiger partial charge in [0.15, 0.2) is 0 Å². The van der Waals surface area contributed by atoms with E-state index in [9.17, 15) is 18.0 Å². The molecule has 1 aromatic carbocycles. The number of carbonyl (C=O) groups excluding carboxylic acids is 1. The number of hydrogen-bond donors (Lipinski definition) is 1. The number of amides is 1. The highest BCUT2D eigenvalue weighted by Crippen LogP contribution is 2.31. The van der Waals surface area contributed by atoms with Gasteiger partial charge in [-0.1, -0.05) is 12.1 Å². The number of ether oxygens (including phenoxy) is 1. The molecule has 0 atom stereocenters. The number of halogens is 3. The van der Waals surface area contributed by atoms with Crippen molar-refractivity contribution in [2.75, 3.05) is 25.1 Å². The molecule has 1 aliphatic heterocycles. The van der Waals surface area contributed by atoms with Gasteiger partial charge in [0.1, 0.15) is 23.1 Å². The van der Waals surface area contributed by atoms with Crippen LogP contribution in [0, 0.1) is 12.8 Å². The van der Waals surface area contributed by atoms with Crippen LogP contribution < -0.4 is 15.0 Å². The molecule has 2 aromatic rings. The van der Waals surface area contributed by atoms with E-state index in [2.05, 4.69) is 15.3 Å². The van der Waals surface area contributed by atoms with Crippen molar-refractivity contribution in [3.8, 4) is 5.75 Å². The summed E-state index contributed by atoms with van der Waals surface area (Å²) in [6.45, 7) is 2.77. The van der Waals surface area contributed by atoms with Crippen LogP contribution in [0.2, 0.25) is 0 Å². The summed E-state index contributed by atoms with van der Waals surface area (Å²) in [7, 11) is 1.59. The third-order valence-corrected chi connectivity index (χ3v) is 4.91. The summed E-state index contributed by atoms with van der Waals surface area (Å²) in [5.74, 6) is 0.820. The number of nitrogens with zero attached hydrogens (tertiary/aromatic N) is 3. The van der Waals surface area contributed by atoms with Gasteiger partial charge < -0.3 is 15.0 Å². The zero-order valence-electron chi connectivity index (χ0n) is 16.3. The minimum atomic E-state index is -4.51. The summed E-state index contributed by atoms with van der Waals surface area (Å²) < 4.78 is 44.1. The van der Waals surface area contributed by atoms with Gasteiger partial charge in [0.2, 0.25) is 5.91 Å². The van der Waals surface area contributed by atoms with Crippen molar-refractivity contribution < 1.29 is 22.7 Å². The number of aryl methyl sites for hydroxylation is 1. The summed E-state index contributed by atoms with van der Waals surface area (Å²) >= 11 is 0. The van der Waals surface area contributed by atoms with Gasteiger partial charge in [-0.3, -0.25) is 4.79 Å². The van der Waals surface area contributed by atoms with E-state index in [-0.39, 0.29) is 23.5 Å². The van der Waals surface area contributed by atoms with Gasteiger partial charge in [0, 0.05) is 31.6 Å². The summed E-state index contributed by atoms with van der Waals surface area (Å²) in [6.07, 6.45) is -3.41. The van der Waals surface area contributed by atoms with E-state index >= 15 is 0 Å². The molecule has 0 radical (unpaired) electrons. The van der Waals surface area contributed by atoms with Crippen molar-refractivity contribution in [3.63, 3.8) is 0 Å². The highest BCUT2D eigenvalue weighted by atomic mass is 19.4. The van der Waals surface area contributed by atoms with Crippen LogP contribution in [0.15, 0.2) is 30.3 Å². The minimum absolute atomic E-state index is 0.0534. The number of aromatic nitrogens is 2. The maximum absolute atomic E-state index is 13.0. The van der Waals surface area contributed by atoms with Crippen LogP contribution in [0.1, 0.15) is 29.9 Å². The third-order valence-electron chi connectivity index (χ3n) is 4.91. The molecule has 2 heterocycles. The zero-order chi connectivity index (χ0) is 21.0. The average molecular weight is 408 g/mol. The number of piperidine rings is 1. The van der Waals surface area contributed by atoms with Crippen molar-refractivity contribution in [2.24, 2.45) is 5.92 Å². The molecule has 1 N–H and O–H groups in total. The van der Waals surface area contributed by atoms with Crippen LogP contribution in [0.5, 0.6) is 5.75 Å². The topological polar surface area (TPSA) is 67.3 Å². The van der Waals surface area contributed by atoms with Crippen LogP contribution in [-0.2, 0) is 17.5 Å². The quantitative estimate of drug-likeness (QED) is 0.822. The number of hydrogen-bond acceptors (Lipinski definition) is 5. The lowest BCUT2D eigenvalue weighted by Crippen LogP contribution is -2.40. The summed E-state index contributed by atoms with van der Waals surface area (Å²) in [4.78, 5) is 21.9. The van der Waals surface area contributed by atoms with E-state index in [1.165, 1.54) is 6.92 Å². The Morgan fingerprint density at radius 1 is 1.24 bits per heavy atom. The predicted octanol–water partition coefficient (Wildman–Crippen LogP) is 3.35. The standard InChI is InChI=1S/C20H23F3N4O2/c1-13-25-17(20(21,22)23)11-18(26-13)27-8-6-15(7-9-27)19(28)24-12-14-4-3-5-16(10-14)29-2/h3-5,10-11,15H,6-9,12H2,1-2H3,(H,24,28). The van der Waals surface area contributed by atoms with Crippen LogP contribution >= 0.6 is 0 Å². The molecular formula is C20H23F3N4O2. The Morgan fingerprint density at radius 3 is 2.62 bits per heavy atom. The molecule has 9 heteroatoms. The number of alkyl halides is 3. The lowest BCUT2D eigenvalue weighted by atomic mass is 9.95. The molecule has 6 nitrogen and oxygen atoms in total. The Bertz CT molecular complexity index is 865. The fourth-order valence-corrected chi connectivity index (χ4v) is 3.35. The van der Waals surface area contributed by atoms with E-state index < -0.39 is 11.9 Å². The molecule has 1 saturated heterocycles. The molecule has 1 aliphatic rings. The van der Waals surface area contributed by atoms with Gasteiger partial charge in [-0.2, -0.15) is 13.2 Å². The average Bonchev–Trinajstić information content (AvgIpc) is 2.71. The second-order valence-corrected chi connectivity index (χ2v) is 6.99. The van der Waals surface area contributed by atoms with Crippen LogP contribution in [0.3, 0.4) is 0 Å². The normalized spacial score (nSPS) is 15.3. The molecule has 1 fully saturated rings. The molecule has 0 saturated carbocycles. The molecule has 1 amide bonds. The first-order valence-electron chi connectivity index (χ1n) is 9.34. The molecule has 1 aromatic heterocycles. The smallest absolute Gasteiger partial charge is 0.433 e. The Morgan fingerprint density at radius 2 is 1.97 bits per heavy atom. The first-order chi connectivity index (χ1) is 13.8. The Balaban J connectivity index is 1.56. The molecule has 0 spiro atoms. The number of carbonyl (C=O) groups is 1. The summed E-state index contributed by atoms with van der Waals surface area (Å²) in [6, 6.07) is 8.42. The second kappa shape index (κ2) is 8.67. The number of nitrogens with one attached hydrogen (secondary N) is 1. The summed E-state index contributed by atoms with van der Waals surface area (Å²) in [5.41, 5.74) is -0.00978. The first kappa shape index (κ1) is 20.9. The SMILES string of the molecule is COc1cccc(CNC(=O)C2CCN(c3cc(C(F)(F)F)nc(C)n3)CC2)c1. The van der Waals surface area contributed by atoms with Gasteiger partial charge in [-0.05, 0) is 37.5 Å². The van der Waals surface area contributed by atoms with Crippen LogP contribution in [0.4, 0.5) is 19.0 Å². The van der Waals surface area contributed by atoms with E-state index in [0.29, 0.717) is 32.5 Å². The van der Waals surface area contributed by atoms with Crippen molar-refractivity contribution in [3.05, 3.63) is 47.4 Å². The van der Waals surface area contributed by atoms with Gasteiger partial charge >= 0.3 is 6.18 Å². The fourth-order valence-electron chi connectivity index (χ4n) is 3.35. The maximum atomic E-state index is 13.0. The van der Waals surface area contributed by atoms with E-state index in [4.69, 9.17) is 4.74 Å². The van der Waals surface area contributed by atoms with Gasteiger partial charge in [0.25, 0.3) is 0 Å². The Hall–Kier alpha value is -2.84. The molecule has 0 bridgehead atoms. The molecule has 0 unspecified atom stereocenters.